The number of nitrogens with two attached hydrogens (primary N) is 1. The van der Waals surface area contributed by atoms with Crippen LogP contribution >= 0.6 is 0 Å². The van der Waals surface area contributed by atoms with Crippen LogP contribution < -0.4 is 11.1 Å². The van der Waals surface area contributed by atoms with Gasteiger partial charge in [0, 0.05) is 6.54 Å². The lowest BCUT2D eigenvalue weighted by Gasteiger charge is -2.13. The number of aryl methyl sites for hydroxylation is 1. The monoisotopic (exact) mass is 272 g/mol. The van der Waals surface area contributed by atoms with Crippen LogP contribution in [0.1, 0.15) is 22.7 Å². The second-order valence-corrected chi connectivity index (χ2v) is 4.74. The number of amides is 1. The van der Waals surface area contributed by atoms with Crippen LogP contribution in [-0.4, -0.2) is 5.91 Å². The topological polar surface area (TPSA) is 55.1 Å². The fourth-order valence-corrected chi connectivity index (χ4v) is 1.87. The van der Waals surface area contributed by atoms with E-state index >= 15 is 0 Å². The van der Waals surface area contributed by atoms with Crippen LogP contribution in [0.5, 0.6) is 0 Å². The summed E-state index contributed by atoms with van der Waals surface area (Å²) in [5, 5.41) is 2.71. The van der Waals surface area contributed by atoms with Crippen molar-refractivity contribution in [2.75, 3.05) is 0 Å². The Kier molecular flexibility index (Phi) is 4.48. The highest BCUT2D eigenvalue weighted by Crippen LogP contribution is 2.12. The predicted molar refractivity (Wildman–Crippen MR) is 76.4 cm³/mol. The Morgan fingerprint density at radius 2 is 1.95 bits per heavy atom. The summed E-state index contributed by atoms with van der Waals surface area (Å²) in [7, 11) is 0. The van der Waals surface area contributed by atoms with Crippen LogP contribution in [0.15, 0.2) is 48.5 Å². The first kappa shape index (κ1) is 14.2. The number of rotatable bonds is 4. The van der Waals surface area contributed by atoms with Crippen molar-refractivity contribution in [1.29, 1.82) is 0 Å². The number of nitrogens with one attached hydrogen (secondary N) is 1. The van der Waals surface area contributed by atoms with E-state index in [4.69, 9.17) is 5.73 Å². The van der Waals surface area contributed by atoms with Crippen LogP contribution in [0.4, 0.5) is 4.39 Å². The zero-order valence-corrected chi connectivity index (χ0v) is 11.3. The number of benzene rings is 2. The van der Waals surface area contributed by atoms with Gasteiger partial charge in [-0.25, -0.2) is 4.39 Å². The molecule has 0 radical (unpaired) electrons. The van der Waals surface area contributed by atoms with Crippen molar-refractivity contribution < 1.29 is 9.18 Å². The lowest BCUT2D eigenvalue weighted by molar-refractivity contribution is -0.122. The molecular formula is C16H17FN2O. The molecule has 0 aromatic heterocycles. The first-order valence-electron chi connectivity index (χ1n) is 6.40. The minimum absolute atomic E-state index is 0.260. The Balaban J connectivity index is 1.96. The van der Waals surface area contributed by atoms with Gasteiger partial charge in [0.1, 0.15) is 11.9 Å². The van der Waals surface area contributed by atoms with Crippen molar-refractivity contribution in [3.63, 3.8) is 0 Å². The van der Waals surface area contributed by atoms with E-state index in [0.717, 1.165) is 11.1 Å². The average Bonchev–Trinajstić information content (AvgIpc) is 2.45. The minimum Gasteiger partial charge on any atom is -0.350 e. The molecule has 0 saturated heterocycles. The van der Waals surface area contributed by atoms with E-state index < -0.39 is 6.04 Å². The molecule has 2 aromatic rings. The average molecular weight is 272 g/mol. The maximum Gasteiger partial charge on any atom is 0.241 e. The minimum atomic E-state index is -0.718. The summed E-state index contributed by atoms with van der Waals surface area (Å²) in [6.45, 7) is 2.23. The number of carbonyl (C=O) groups is 1. The lowest BCUT2D eigenvalue weighted by Crippen LogP contribution is -2.33. The first-order chi connectivity index (χ1) is 9.56. The number of hydrogen-bond acceptors (Lipinski definition) is 2. The van der Waals surface area contributed by atoms with E-state index in [1.807, 2.05) is 31.2 Å². The highest BCUT2D eigenvalue weighted by atomic mass is 19.1. The van der Waals surface area contributed by atoms with Gasteiger partial charge in [-0.1, -0.05) is 42.0 Å². The van der Waals surface area contributed by atoms with Crippen molar-refractivity contribution in [3.8, 4) is 0 Å². The number of carbonyl (C=O) groups excluding carboxylic acids is 1. The molecule has 3 nitrogen and oxygen atoms in total. The zero-order chi connectivity index (χ0) is 14.5. The molecular weight excluding hydrogens is 255 g/mol. The molecule has 0 saturated carbocycles. The summed E-state index contributed by atoms with van der Waals surface area (Å²) >= 11 is 0. The Labute approximate surface area is 117 Å². The van der Waals surface area contributed by atoms with Crippen LogP contribution in [0.25, 0.3) is 0 Å². The summed E-state index contributed by atoms with van der Waals surface area (Å²) in [4.78, 5) is 12.0. The van der Waals surface area contributed by atoms with Crippen LogP contribution in [0.2, 0.25) is 0 Å². The molecule has 20 heavy (non-hydrogen) atoms. The molecule has 104 valence electrons. The van der Waals surface area contributed by atoms with E-state index in [9.17, 15) is 9.18 Å². The van der Waals surface area contributed by atoms with Crippen molar-refractivity contribution in [2.24, 2.45) is 5.73 Å². The molecule has 2 aromatic carbocycles. The molecule has 1 unspecified atom stereocenters. The largest absolute Gasteiger partial charge is 0.350 e. The van der Waals surface area contributed by atoms with Gasteiger partial charge < -0.3 is 11.1 Å². The third kappa shape index (κ3) is 3.65. The van der Waals surface area contributed by atoms with Gasteiger partial charge in [0.2, 0.25) is 5.91 Å². The molecule has 0 spiro atoms. The van der Waals surface area contributed by atoms with E-state index in [-0.39, 0.29) is 18.3 Å². The van der Waals surface area contributed by atoms with Gasteiger partial charge >= 0.3 is 0 Å². The standard InChI is InChI=1S/C16H17FN2O/c1-11-5-7-13(8-6-11)15(18)16(20)19-10-12-3-2-4-14(17)9-12/h2-9,15H,10,18H2,1H3,(H,19,20). The lowest BCUT2D eigenvalue weighted by atomic mass is 10.1. The molecule has 2 rings (SSSR count). The molecule has 0 aliphatic rings. The van der Waals surface area contributed by atoms with Gasteiger partial charge in [-0.15, -0.1) is 0 Å². The second kappa shape index (κ2) is 6.30. The highest BCUT2D eigenvalue weighted by molar-refractivity contribution is 5.82. The summed E-state index contributed by atoms with van der Waals surface area (Å²) < 4.78 is 13.0. The molecule has 0 bridgehead atoms. The van der Waals surface area contributed by atoms with Crippen LogP contribution in [0.3, 0.4) is 0 Å². The fraction of sp³-hybridized carbons (Fsp3) is 0.188. The molecule has 0 aliphatic heterocycles. The molecule has 4 heteroatoms. The highest BCUT2D eigenvalue weighted by Gasteiger charge is 2.15. The third-order valence-corrected chi connectivity index (χ3v) is 3.07. The van der Waals surface area contributed by atoms with Crippen molar-refractivity contribution in [1.82, 2.24) is 5.32 Å². The van der Waals surface area contributed by atoms with E-state index in [0.29, 0.717) is 5.56 Å². The SMILES string of the molecule is Cc1ccc(C(N)C(=O)NCc2cccc(F)c2)cc1. The van der Waals surface area contributed by atoms with Crippen LogP contribution in [-0.2, 0) is 11.3 Å². The maximum atomic E-state index is 13.0. The van der Waals surface area contributed by atoms with E-state index in [1.165, 1.54) is 12.1 Å². The van der Waals surface area contributed by atoms with Gasteiger partial charge in [0.15, 0.2) is 0 Å². The Bertz CT molecular complexity index is 596. The molecule has 3 N–H and O–H groups in total. The Hall–Kier alpha value is -2.20. The van der Waals surface area contributed by atoms with Gasteiger partial charge in [-0.3, -0.25) is 4.79 Å². The molecule has 0 aliphatic carbocycles. The third-order valence-electron chi connectivity index (χ3n) is 3.07. The Morgan fingerprint density at radius 3 is 2.60 bits per heavy atom. The van der Waals surface area contributed by atoms with E-state index in [2.05, 4.69) is 5.32 Å². The maximum absolute atomic E-state index is 13.0. The smallest absolute Gasteiger partial charge is 0.241 e. The molecule has 0 heterocycles. The van der Waals surface area contributed by atoms with Gasteiger partial charge in [-0.2, -0.15) is 0 Å². The predicted octanol–water partition coefficient (Wildman–Crippen LogP) is 2.45. The fourth-order valence-electron chi connectivity index (χ4n) is 1.87. The number of hydrogen-bond donors (Lipinski definition) is 2. The molecule has 1 amide bonds. The summed E-state index contributed by atoms with van der Waals surface area (Å²) in [5.74, 6) is -0.599. The summed E-state index contributed by atoms with van der Waals surface area (Å²) in [6.07, 6.45) is 0. The summed E-state index contributed by atoms with van der Waals surface area (Å²) in [5.41, 5.74) is 8.47. The normalized spacial score (nSPS) is 11.9. The zero-order valence-electron chi connectivity index (χ0n) is 11.3. The first-order valence-corrected chi connectivity index (χ1v) is 6.40. The van der Waals surface area contributed by atoms with Crippen molar-refractivity contribution in [3.05, 3.63) is 71.0 Å². The Morgan fingerprint density at radius 1 is 1.25 bits per heavy atom. The van der Waals surface area contributed by atoms with Crippen molar-refractivity contribution >= 4 is 5.91 Å². The summed E-state index contributed by atoms with van der Waals surface area (Å²) in [6, 6.07) is 12.9. The van der Waals surface area contributed by atoms with Crippen molar-refractivity contribution in [2.45, 2.75) is 19.5 Å². The van der Waals surface area contributed by atoms with Gasteiger partial charge in [0.05, 0.1) is 0 Å². The van der Waals surface area contributed by atoms with Crippen LogP contribution in [0, 0.1) is 12.7 Å². The second-order valence-electron chi connectivity index (χ2n) is 4.74. The molecule has 0 fully saturated rings. The quantitative estimate of drug-likeness (QED) is 0.898. The van der Waals surface area contributed by atoms with Gasteiger partial charge in [-0.05, 0) is 30.2 Å². The molecule has 1 atom stereocenters. The van der Waals surface area contributed by atoms with E-state index in [1.54, 1.807) is 12.1 Å². The number of halogens is 1. The van der Waals surface area contributed by atoms with Gasteiger partial charge in [0.25, 0.3) is 0 Å².